The number of hydrogen-bond acceptors (Lipinski definition) is 3. The lowest BCUT2D eigenvalue weighted by Crippen LogP contribution is -2.01. The largest absolute Gasteiger partial charge is 0.276 e. The van der Waals surface area contributed by atoms with Crippen LogP contribution in [0, 0.1) is 5.82 Å². The van der Waals surface area contributed by atoms with Crippen molar-refractivity contribution in [3.63, 3.8) is 0 Å². The van der Waals surface area contributed by atoms with Gasteiger partial charge < -0.3 is 0 Å². The van der Waals surface area contributed by atoms with Crippen LogP contribution in [0.2, 0.25) is 0 Å². The highest BCUT2D eigenvalue weighted by atomic mass is 19.1. The van der Waals surface area contributed by atoms with E-state index in [0.717, 1.165) is 5.69 Å². The molecule has 0 bridgehead atoms. The lowest BCUT2D eigenvalue weighted by atomic mass is 10.2. The highest BCUT2D eigenvalue weighted by molar-refractivity contribution is 5.99. The Bertz CT molecular complexity index is 828. The van der Waals surface area contributed by atoms with Crippen LogP contribution in [0.4, 0.5) is 15.8 Å². The van der Waals surface area contributed by atoms with Gasteiger partial charge in [0.05, 0.1) is 11.4 Å². The van der Waals surface area contributed by atoms with E-state index < -0.39 is 0 Å². The van der Waals surface area contributed by atoms with Crippen LogP contribution in [0.1, 0.15) is 5.56 Å². The first kappa shape index (κ1) is 15.6. The van der Waals surface area contributed by atoms with Crippen LogP contribution in [0.25, 0.3) is 0 Å². The van der Waals surface area contributed by atoms with Gasteiger partial charge in [0.1, 0.15) is 5.82 Å². The summed E-state index contributed by atoms with van der Waals surface area (Å²) in [5.41, 5.74) is 5.14. The van der Waals surface area contributed by atoms with Crippen molar-refractivity contribution in [2.45, 2.75) is 0 Å². The van der Waals surface area contributed by atoms with Crippen molar-refractivity contribution < 1.29 is 4.39 Å². The molecule has 0 aliphatic rings. The first-order valence-corrected chi connectivity index (χ1v) is 7.43. The number of halogens is 1. The molecule has 0 amide bonds. The van der Waals surface area contributed by atoms with Gasteiger partial charge in [0.25, 0.3) is 0 Å². The maximum atomic E-state index is 13.1. The summed E-state index contributed by atoms with van der Waals surface area (Å²) in [6.07, 6.45) is 0. The van der Waals surface area contributed by atoms with E-state index >= 15 is 0 Å². The summed E-state index contributed by atoms with van der Waals surface area (Å²) in [5.74, 6) is 0.0526. The number of hydrazone groups is 1. The number of nitrogens with one attached hydrogen (secondary N) is 1. The summed E-state index contributed by atoms with van der Waals surface area (Å²) < 4.78 is 13.1. The Labute approximate surface area is 139 Å². The number of anilines is 1. The van der Waals surface area contributed by atoms with E-state index in [1.165, 1.54) is 12.1 Å². The Morgan fingerprint density at radius 2 is 1.38 bits per heavy atom. The third kappa shape index (κ3) is 4.33. The number of amidine groups is 1. The average molecular weight is 318 g/mol. The predicted molar refractivity (Wildman–Crippen MR) is 94.0 cm³/mol. The second kappa shape index (κ2) is 7.78. The molecule has 0 saturated heterocycles. The van der Waals surface area contributed by atoms with E-state index in [4.69, 9.17) is 0 Å². The van der Waals surface area contributed by atoms with Gasteiger partial charge in [-0.2, -0.15) is 5.10 Å². The number of hydrogen-bond donors (Lipinski definition) is 1. The van der Waals surface area contributed by atoms with E-state index in [1.54, 1.807) is 12.1 Å². The monoisotopic (exact) mass is 318 g/mol. The molecule has 0 saturated carbocycles. The maximum Gasteiger partial charge on any atom is 0.201 e. The molecule has 4 nitrogen and oxygen atoms in total. The molecule has 3 aromatic rings. The molecule has 0 atom stereocenters. The fraction of sp³-hybridized carbons (Fsp3) is 0. The molecule has 0 unspecified atom stereocenters. The number of rotatable bonds is 4. The first-order chi connectivity index (χ1) is 11.8. The van der Waals surface area contributed by atoms with Crippen LogP contribution in [-0.4, -0.2) is 5.84 Å². The van der Waals surface area contributed by atoms with Gasteiger partial charge >= 0.3 is 0 Å². The van der Waals surface area contributed by atoms with Crippen molar-refractivity contribution in [1.82, 2.24) is 0 Å². The highest BCUT2D eigenvalue weighted by Crippen LogP contribution is 2.13. The van der Waals surface area contributed by atoms with Gasteiger partial charge in [-0.3, -0.25) is 5.43 Å². The van der Waals surface area contributed by atoms with Crippen molar-refractivity contribution in [2.75, 3.05) is 5.43 Å². The van der Waals surface area contributed by atoms with Gasteiger partial charge in [0, 0.05) is 5.56 Å². The van der Waals surface area contributed by atoms with E-state index in [2.05, 4.69) is 20.8 Å². The molecule has 5 heteroatoms. The van der Waals surface area contributed by atoms with Gasteiger partial charge in [-0.05, 0) is 48.5 Å². The molecule has 118 valence electrons. The summed E-state index contributed by atoms with van der Waals surface area (Å²) >= 11 is 0. The van der Waals surface area contributed by atoms with Gasteiger partial charge in [0.2, 0.25) is 5.84 Å². The lowest BCUT2D eigenvalue weighted by Gasteiger charge is -2.03. The van der Waals surface area contributed by atoms with E-state index in [9.17, 15) is 4.39 Å². The summed E-state index contributed by atoms with van der Waals surface area (Å²) in [4.78, 5) is 0. The maximum absolute atomic E-state index is 13.1. The summed E-state index contributed by atoms with van der Waals surface area (Å²) in [6, 6.07) is 24.8. The van der Waals surface area contributed by atoms with Crippen LogP contribution in [0.3, 0.4) is 0 Å². The highest BCUT2D eigenvalue weighted by Gasteiger charge is 2.03. The molecule has 3 rings (SSSR count). The number of benzene rings is 3. The van der Waals surface area contributed by atoms with Crippen molar-refractivity contribution in [3.05, 3.63) is 96.3 Å². The molecule has 0 aliphatic carbocycles. The minimum Gasteiger partial charge on any atom is -0.276 e. The molecule has 0 fully saturated rings. The first-order valence-electron chi connectivity index (χ1n) is 7.43. The van der Waals surface area contributed by atoms with Gasteiger partial charge in [0.15, 0.2) is 0 Å². The minimum atomic E-state index is -0.311. The smallest absolute Gasteiger partial charge is 0.201 e. The van der Waals surface area contributed by atoms with E-state index in [1.807, 2.05) is 60.7 Å². The summed E-state index contributed by atoms with van der Waals surface area (Å²) in [6.45, 7) is 0. The van der Waals surface area contributed by atoms with Crippen LogP contribution >= 0.6 is 0 Å². The van der Waals surface area contributed by atoms with Crippen LogP contribution < -0.4 is 5.43 Å². The van der Waals surface area contributed by atoms with Crippen LogP contribution in [-0.2, 0) is 0 Å². The van der Waals surface area contributed by atoms with Gasteiger partial charge in [-0.15, -0.1) is 10.2 Å². The fourth-order valence-corrected chi connectivity index (χ4v) is 1.97. The zero-order valence-electron chi connectivity index (χ0n) is 12.8. The summed E-state index contributed by atoms with van der Waals surface area (Å²) in [7, 11) is 0. The topological polar surface area (TPSA) is 49.1 Å². The Morgan fingerprint density at radius 3 is 2.04 bits per heavy atom. The minimum absolute atomic E-state index is 0.311. The molecule has 0 aliphatic heterocycles. The third-order valence-electron chi connectivity index (χ3n) is 3.18. The lowest BCUT2D eigenvalue weighted by molar-refractivity contribution is 0.628. The van der Waals surface area contributed by atoms with Crippen molar-refractivity contribution in [3.8, 4) is 0 Å². The summed E-state index contributed by atoms with van der Waals surface area (Å²) in [5, 5.41) is 12.7. The predicted octanol–water partition coefficient (Wildman–Crippen LogP) is 5.38. The quantitative estimate of drug-likeness (QED) is 0.298. The van der Waals surface area contributed by atoms with E-state index in [0.29, 0.717) is 17.1 Å². The van der Waals surface area contributed by atoms with E-state index in [-0.39, 0.29) is 5.82 Å². The normalized spacial score (nSPS) is 11.6. The molecule has 0 heterocycles. The average Bonchev–Trinajstić information content (AvgIpc) is 2.64. The van der Waals surface area contributed by atoms with Crippen LogP contribution in [0.5, 0.6) is 0 Å². The SMILES string of the molecule is Fc1ccc(/C(N=Nc2ccccc2)=N\Nc2ccccc2)cc1. The zero-order chi connectivity index (χ0) is 16.6. The Balaban J connectivity index is 1.88. The van der Waals surface area contributed by atoms with Gasteiger partial charge in [-0.1, -0.05) is 36.4 Å². The molecular formula is C19H15FN4. The Kier molecular flexibility index (Phi) is 5.04. The number of azo groups is 1. The Morgan fingerprint density at radius 1 is 0.750 bits per heavy atom. The molecule has 3 aromatic carbocycles. The fourth-order valence-electron chi connectivity index (χ4n) is 1.97. The third-order valence-corrected chi connectivity index (χ3v) is 3.18. The second-order valence-corrected chi connectivity index (χ2v) is 4.96. The standard InChI is InChI=1S/C19H15FN4/c20-16-13-11-15(12-14-16)19(23-21-17-7-3-1-4-8-17)24-22-18-9-5-2-6-10-18/h1-14,21H/b23-19+,24-22?. The van der Waals surface area contributed by atoms with Crippen molar-refractivity contribution >= 4 is 17.2 Å². The molecule has 0 spiro atoms. The molecule has 0 aromatic heterocycles. The molecule has 1 N–H and O–H groups in total. The van der Waals surface area contributed by atoms with Crippen LogP contribution in [0.15, 0.2) is 100 Å². The zero-order valence-corrected chi connectivity index (χ0v) is 12.8. The molecule has 0 radical (unpaired) electrons. The van der Waals surface area contributed by atoms with Crippen molar-refractivity contribution in [1.29, 1.82) is 0 Å². The number of nitrogens with zero attached hydrogens (tertiary/aromatic N) is 3. The van der Waals surface area contributed by atoms with Crippen molar-refractivity contribution in [2.24, 2.45) is 15.3 Å². The molecule has 24 heavy (non-hydrogen) atoms. The number of para-hydroxylation sites is 1. The molecular weight excluding hydrogens is 303 g/mol. The second-order valence-electron chi connectivity index (χ2n) is 4.96. The Hall–Kier alpha value is -3.34. The van der Waals surface area contributed by atoms with Gasteiger partial charge in [-0.25, -0.2) is 4.39 Å².